The smallest absolute Gasteiger partial charge is 0.248 e. The molecule has 0 unspecified atom stereocenters. The third kappa shape index (κ3) is 5.36. The second-order valence-electron chi connectivity index (χ2n) is 5.81. The molecule has 0 aromatic rings. The van der Waals surface area contributed by atoms with Crippen molar-refractivity contribution in [2.45, 2.75) is 64.6 Å². The molecular weight excluding hydrogens is 230 g/mol. The van der Waals surface area contributed by atoms with Gasteiger partial charge >= 0.3 is 0 Å². The minimum atomic E-state index is -1.09. The Morgan fingerprint density at radius 3 is 2.39 bits per heavy atom. The van der Waals surface area contributed by atoms with Crippen LogP contribution in [-0.2, 0) is 4.79 Å². The fourth-order valence-electron chi connectivity index (χ4n) is 2.36. The molecule has 1 aliphatic carbocycles. The van der Waals surface area contributed by atoms with Gasteiger partial charge < -0.3 is 15.5 Å². The molecule has 1 aliphatic rings. The normalized spacial score (nSPS) is 20.7. The highest BCUT2D eigenvalue weighted by Crippen LogP contribution is 2.22. The van der Waals surface area contributed by atoms with Gasteiger partial charge in [0.05, 0.1) is 6.10 Å². The van der Waals surface area contributed by atoms with E-state index in [2.05, 4.69) is 5.32 Å². The molecule has 0 heterocycles. The standard InChI is InChI=1S/C14H27NO3/c1-10(2)12(16)8-13(17)14(18)15-9-11-6-4-3-5-7-11/h10-13,16-17H,3-9H2,1-2H3,(H,15,18)/t12-,13-/m0/s1. The number of rotatable bonds is 6. The van der Waals surface area contributed by atoms with Crippen LogP contribution in [0.1, 0.15) is 52.4 Å². The van der Waals surface area contributed by atoms with Crippen molar-refractivity contribution < 1.29 is 15.0 Å². The van der Waals surface area contributed by atoms with Crippen LogP contribution in [-0.4, -0.2) is 34.9 Å². The Morgan fingerprint density at radius 1 is 1.22 bits per heavy atom. The molecule has 4 heteroatoms. The van der Waals surface area contributed by atoms with Gasteiger partial charge in [-0.1, -0.05) is 33.1 Å². The summed E-state index contributed by atoms with van der Waals surface area (Å²) in [6.45, 7) is 4.41. The number of aliphatic hydroxyl groups is 2. The Balaban J connectivity index is 2.22. The zero-order valence-electron chi connectivity index (χ0n) is 11.6. The van der Waals surface area contributed by atoms with Crippen molar-refractivity contribution in [3.8, 4) is 0 Å². The van der Waals surface area contributed by atoms with Gasteiger partial charge in [0.1, 0.15) is 6.10 Å². The summed E-state index contributed by atoms with van der Waals surface area (Å²) in [5.41, 5.74) is 0. The molecule has 0 spiro atoms. The first-order valence-electron chi connectivity index (χ1n) is 7.14. The minimum Gasteiger partial charge on any atom is -0.393 e. The number of hydrogen-bond acceptors (Lipinski definition) is 3. The summed E-state index contributed by atoms with van der Waals surface area (Å²) in [6.07, 6.45) is 4.54. The Bertz CT molecular complexity index is 249. The van der Waals surface area contributed by atoms with Crippen LogP contribution in [0, 0.1) is 11.8 Å². The quantitative estimate of drug-likeness (QED) is 0.674. The van der Waals surface area contributed by atoms with E-state index in [0.717, 1.165) is 0 Å². The van der Waals surface area contributed by atoms with Gasteiger partial charge in [-0.25, -0.2) is 0 Å². The molecule has 1 amide bonds. The lowest BCUT2D eigenvalue weighted by Gasteiger charge is -2.23. The van der Waals surface area contributed by atoms with Gasteiger partial charge in [-0.05, 0) is 24.7 Å². The third-order valence-electron chi connectivity index (χ3n) is 3.83. The number of hydrogen-bond donors (Lipinski definition) is 3. The number of carbonyl (C=O) groups is 1. The van der Waals surface area contributed by atoms with E-state index in [4.69, 9.17) is 0 Å². The molecular formula is C14H27NO3. The molecule has 0 aromatic heterocycles. The monoisotopic (exact) mass is 257 g/mol. The van der Waals surface area contributed by atoms with E-state index in [1.54, 1.807) is 0 Å². The highest BCUT2D eigenvalue weighted by atomic mass is 16.3. The van der Waals surface area contributed by atoms with Crippen molar-refractivity contribution in [2.24, 2.45) is 11.8 Å². The number of amides is 1. The van der Waals surface area contributed by atoms with E-state index >= 15 is 0 Å². The predicted octanol–water partition coefficient (Wildman–Crippen LogP) is 1.45. The van der Waals surface area contributed by atoms with Gasteiger partial charge in [-0.3, -0.25) is 4.79 Å². The highest BCUT2D eigenvalue weighted by molar-refractivity contribution is 5.80. The van der Waals surface area contributed by atoms with Crippen molar-refractivity contribution in [1.82, 2.24) is 5.32 Å². The van der Waals surface area contributed by atoms with Crippen molar-refractivity contribution in [1.29, 1.82) is 0 Å². The molecule has 1 rings (SSSR count). The number of aliphatic hydroxyl groups excluding tert-OH is 2. The van der Waals surface area contributed by atoms with Crippen LogP contribution in [0.3, 0.4) is 0 Å². The lowest BCUT2D eigenvalue weighted by molar-refractivity contribution is -0.131. The van der Waals surface area contributed by atoms with E-state index in [0.29, 0.717) is 12.5 Å². The molecule has 0 radical (unpaired) electrons. The van der Waals surface area contributed by atoms with Crippen LogP contribution in [0.2, 0.25) is 0 Å². The summed E-state index contributed by atoms with van der Waals surface area (Å²) in [5.74, 6) is 0.274. The van der Waals surface area contributed by atoms with Gasteiger partial charge in [0.2, 0.25) is 5.91 Å². The van der Waals surface area contributed by atoms with Gasteiger partial charge in [0.15, 0.2) is 0 Å². The highest BCUT2D eigenvalue weighted by Gasteiger charge is 2.22. The molecule has 0 bridgehead atoms. The van der Waals surface area contributed by atoms with E-state index in [-0.39, 0.29) is 18.2 Å². The van der Waals surface area contributed by atoms with E-state index in [1.807, 2.05) is 13.8 Å². The van der Waals surface area contributed by atoms with Gasteiger partial charge in [-0.2, -0.15) is 0 Å². The topological polar surface area (TPSA) is 69.6 Å². The molecule has 1 saturated carbocycles. The Hall–Kier alpha value is -0.610. The van der Waals surface area contributed by atoms with E-state index in [1.165, 1.54) is 32.1 Å². The average molecular weight is 257 g/mol. The maximum atomic E-state index is 11.7. The summed E-state index contributed by atoms with van der Waals surface area (Å²) in [4.78, 5) is 11.7. The maximum absolute atomic E-state index is 11.7. The minimum absolute atomic E-state index is 0.0609. The Labute approximate surface area is 110 Å². The van der Waals surface area contributed by atoms with Crippen LogP contribution < -0.4 is 5.32 Å². The third-order valence-corrected chi connectivity index (χ3v) is 3.83. The first-order valence-corrected chi connectivity index (χ1v) is 7.14. The molecule has 18 heavy (non-hydrogen) atoms. The van der Waals surface area contributed by atoms with E-state index < -0.39 is 12.2 Å². The van der Waals surface area contributed by atoms with Crippen molar-refractivity contribution in [3.05, 3.63) is 0 Å². The molecule has 1 fully saturated rings. The first kappa shape index (κ1) is 15.4. The van der Waals surface area contributed by atoms with Crippen LogP contribution in [0.15, 0.2) is 0 Å². The average Bonchev–Trinajstić information content (AvgIpc) is 2.36. The summed E-state index contributed by atoms with van der Waals surface area (Å²) < 4.78 is 0. The van der Waals surface area contributed by atoms with Crippen LogP contribution in [0.4, 0.5) is 0 Å². The number of nitrogens with one attached hydrogen (secondary N) is 1. The zero-order valence-corrected chi connectivity index (χ0v) is 11.6. The Kier molecular flexibility index (Phi) is 6.65. The molecule has 2 atom stereocenters. The molecule has 0 aromatic carbocycles. The fraction of sp³-hybridized carbons (Fsp3) is 0.929. The Morgan fingerprint density at radius 2 is 1.83 bits per heavy atom. The maximum Gasteiger partial charge on any atom is 0.248 e. The van der Waals surface area contributed by atoms with E-state index in [9.17, 15) is 15.0 Å². The second-order valence-corrected chi connectivity index (χ2v) is 5.81. The number of carbonyl (C=O) groups excluding carboxylic acids is 1. The van der Waals surface area contributed by atoms with Crippen molar-refractivity contribution in [3.63, 3.8) is 0 Å². The molecule has 106 valence electrons. The van der Waals surface area contributed by atoms with Crippen LogP contribution >= 0.6 is 0 Å². The summed E-state index contributed by atoms with van der Waals surface area (Å²) in [7, 11) is 0. The largest absolute Gasteiger partial charge is 0.393 e. The predicted molar refractivity (Wildman–Crippen MR) is 71.1 cm³/mol. The summed E-state index contributed by atoms with van der Waals surface area (Å²) in [5, 5.41) is 22.1. The second kappa shape index (κ2) is 7.74. The first-order chi connectivity index (χ1) is 8.50. The molecule has 0 saturated heterocycles. The van der Waals surface area contributed by atoms with Crippen LogP contribution in [0.25, 0.3) is 0 Å². The summed E-state index contributed by atoms with van der Waals surface area (Å²) >= 11 is 0. The SMILES string of the molecule is CC(C)[C@@H](O)C[C@H](O)C(=O)NCC1CCCCC1. The lowest BCUT2D eigenvalue weighted by Crippen LogP contribution is -2.40. The van der Waals surface area contributed by atoms with Gasteiger partial charge in [-0.15, -0.1) is 0 Å². The summed E-state index contributed by atoms with van der Waals surface area (Å²) in [6, 6.07) is 0. The van der Waals surface area contributed by atoms with Crippen molar-refractivity contribution >= 4 is 5.91 Å². The van der Waals surface area contributed by atoms with Crippen LogP contribution in [0.5, 0.6) is 0 Å². The fourth-order valence-corrected chi connectivity index (χ4v) is 2.36. The van der Waals surface area contributed by atoms with Gasteiger partial charge in [0.25, 0.3) is 0 Å². The zero-order chi connectivity index (χ0) is 13.5. The van der Waals surface area contributed by atoms with Gasteiger partial charge in [0, 0.05) is 13.0 Å². The lowest BCUT2D eigenvalue weighted by atomic mass is 9.89. The molecule has 0 aliphatic heterocycles. The molecule has 3 N–H and O–H groups in total. The van der Waals surface area contributed by atoms with Crippen molar-refractivity contribution in [2.75, 3.05) is 6.54 Å². The molecule has 4 nitrogen and oxygen atoms in total.